The van der Waals surface area contributed by atoms with Gasteiger partial charge in [-0.15, -0.1) is 6.42 Å². The van der Waals surface area contributed by atoms with Gasteiger partial charge in [-0.1, -0.05) is 48.7 Å². The highest BCUT2D eigenvalue weighted by molar-refractivity contribution is 5.96. The van der Waals surface area contributed by atoms with Crippen LogP contribution in [-0.2, 0) is 16.1 Å². The van der Waals surface area contributed by atoms with Crippen molar-refractivity contribution in [1.29, 1.82) is 0 Å². The van der Waals surface area contributed by atoms with Crippen molar-refractivity contribution >= 4 is 22.5 Å². The zero-order valence-electron chi connectivity index (χ0n) is 23.3. The second-order valence-corrected chi connectivity index (χ2v) is 12.8. The van der Waals surface area contributed by atoms with Crippen molar-refractivity contribution in [3.63, 3.8) is 0 Å². The van der Waals surface area contributed by atoms with Gasteiger partial charge in [0.2, 0.25) is 0 Å². The number of aliphatic hydroxyl groups is 1. The average molecular weight is 528 g/mol. The molecule has 0 radical (unpaired) electrons. The summed E-state index contributed by atoms with van der Waals surface area (Å²) in [6, 6.07) is 8.19. The molecule has 206 valence electrons. The Hall–Kier alpha value is -3.04. The summed E-state index contributed by atoms with van der Waals surface area (Å²) in [7, 11) is 0. The molecule has 1 aromatic heterocycles. The minimum Gasteiger partial charge on any atom is -0.385 e. The molecule has 3 N–H and O–H groups in total. The number of nitrogens with one attached hydrogen (secondary N) is 2. The average Bonchev–Trinajstić information content (AvgIpc) is 3.47. The van der Waals surface area contributed by atoms with E-state index < -0.39 is 5.60 Å². The number of amides is 1. The van der Waals surface area contributed by atoms with Crippen LogP contribution in [0.3, 0.4) is 0 Å². The van der Waals surface area contributed by atoms with E-state index in [4.69, 9.17) is 11.3 Å². The van der Waals surface area contributed by atoms with Gasteiger partial charge in [-0.3, -0.25) is 4.79 Å². The SMILES string of the molecule is C#CC1(O)CCC2C3CCC4=C/C(=N\OCC(=O)NCCc5c[nH]c6ccccc56)CCC4(C)C3CCC21C. The Bertz CT molecular complexity index is 1370. The summed E-state index contributed by atoms with van der Waals surface area (Å²) in [5.74, 6) is 4.38. The molecule has 4 aliphatic carbocycles. The topological polar surface area (TPSA) is 86.7 Å². The quantitative estimate of drug-likeness (QED) is 0.341. The number of carbonyl (C=O) groups excluding carboxylic acids is 1. The Kier molecular flexibility index (Phi) is 6.62. The summed E-state index contributed by atoms with van der Waals surface area (Å²) >= 11 is 0. The van der Waals surface area contributed by atoms with Crippen LogP contribution in [-0.4, -0.2) is 40.5 Å². The molecule has 6 nitrogen and oxygen atoms in total. The van der Waals surface area contributed by atoms with E-state index in [0.29, 0.717) is 24.3 Å². The predicted octanol–water partition coefficient (Wildman–Crippen LogP) is 5.53. The highest BCUT2D eigenvalue weighted by atomic mass is 16.6. The van der Waals surface area contributed by atoms with E-state index in [2.05, 4.69) is 53.4 Å². The van der Waals surface area contributed by atoms with Gasteiger partial charge in [-0.05, 0) is 98.7 Å². The monoisotopic (exact) mass is 527 g/mol. The number of carbonyl (C=O) groups is 1. The van der Waals surface area contributed by atoms with Crippen LogP contribution in [0.25, 0.3) is 10.9 Å². The van der Waals surface area contributed by atoms with Crippen LogP contribution in [0.5, 0.6) is 0 Å². The number of nitrogens with zero attached hydrogens (tertiary/aromatic N) is 1. The van der Waals surface area contributed by atoms with Crippen LogP contribution >= 0.6 is 0 Å². The molecule has 0 bridgehead atoms. The number of hydrogen-bond acceptors (Lipinski definition) is 4. The number of allylic oxidation sites excluding steroid dienone is 2. The van der Waals surface area contributed by atoms with Gasteiger partial charge in [0.25, 0.3) is 5.91 Å². The number of aromatic nitrogens is 1. The van der Waals surface area contributed by atoms with E-state index in [-0.39, 0.29) is 23.3 Å². The number of H-pyrrole nitrogens is 1. The lowest BCUT2D eigenvalue weighted by molar-refractivity contribution is -0.125. The standard InChI is InChI=1S/C33H41N3O3/c1-4-33(38)17-13-28-26-10-9-23-19-24(11-15-31(23,2)27(26)12-16-32(28,33)3)36-39-21-30(37)34-18-14-22-20-35-29-8-6-5-7-25(22)29/h1,5-8,19-20,26-28,35,38H,9-18,21H2,2-3H3,(H,34,37)/b36-24-. The van der Waals surface area contributed by atoms with Crippen LogP contribution in [0.4, 0.5) is 0 Å². The lowest BCUT2D eigenvalue weighted by Crippen LogP contribution is -2.54. The fourth-order valence-electron chi connectivity index (χ4n) is 8.80. The molecular weight excluding hydrogens is 486 g/mol. The summed E-state index contributed by atoms with van der Waals surface area (Å²) < 4.78 is 0. The molecule has 1 aromatic carbocycles. The third-order valence-electron chi connectivity index (χ3n) is 11.1. The summed E-state index contributed by atoms with van der Waals surface area (Å²) in [6.07, 6.45) is 18.9. The van der Waals surface area contributed by atoms with Crippen molar-refractivity contribution in [3.05, 3.63) is 47.7 Å². The first-order valence-corrected chi connectivity index (χ1v) is 14.7. The third-order valence-corrected chi connectivity index (χ3v) is 11.1. The van der Waals surface area contributed by atoms with Crippen LogP contribution in [0, 0.1) is 40.9 Å². The number of hydrogen-bond donors (Lipinski definition) is 3. The lowest BCUT2D eigenvalue weighted by atomic mass is 9.46. The molecular formula is C33H41N3O3. The van der Waals surface area contributed by atoms with Crippen LogP contribution < -0.4 is 5.32 Å². The first-order chi connectivity index (χ1) is 18.8. The molecule has 1 heterocycles. The van der Waals surface area contributed by atoms with Crippen molar-refractivity contribution in [2.45, 2.75) is 77.2 Å². The second-order valence-electron chi connectivity index (χ2n) is 12.8. The van der Waals surface area contributed by atoms with E-state index in [0.717, 1.165) is 69.0 Å². The number of benzene rings is 1. The molecule has 0 saturated heterocycles. The first-order valence-electron chi connectivity index (χ1n) is 14.7. The molecule has 6 rings (SSSR count). The minimum absolute atomic E-state index is 0.0686. The van der Waals surface area contributed by atoms with Crippen molar-refractivity contribution in [1.82, 2.24) is 10.3 Å². The summed E-state index contributed by atoms with van der Waals surface area (Å²) in [6.45, 7) is 5.18. The van der Waals surface area contributed by atoms with Crippen LogP contribution in [0.2, 0.25) is 0 Å². The Balaban J connectivity index is 1.03. The van der Waals surface area contributed by atoms with E-state index in [1.807, 2.05) is 18.3 Å². The van der Waals surface area contributed by atoms with Crippen molar-refractivity contribution in [2.75, 3.05) is 13.2 Å². The van der Waals surface area contributed by atoms with Gasteiger partial charge in [0.15, 0.2) is 6.61 Å². The maximum absolute atomic E-state index is 12.3. The smallest absolute Gasteiger partial charge is 0.260 e. The third kappa shape index (κ3) is 4.30. The normalized spacial score (nSPS) is 36.4. The van der Waals surface area contributed by atoms with Gasteiger partial charge in [0, 0.05) is 29.1 Å². The molecule has 6 unspecified atom stereocenters. The molecule has 3 fully saturated rings. The van der Waals surface area contributed by atoms with Gasteiger partial charge in [-0.25, -0.2) is 0 Å². The van der Waals surface area contributed by atoms with Gasteiger partial charge in [0.1, 0.15) is 5.60 Å². The molecule has 1 amide bonds. The van der Waals surface area contributed by atoms with E-state index in [9.17, 15) is 9.90 Å². The lowest BCUT2D eigenvalue weighted by Gasteiger charge is -2.58. The number of aromatic amines is 1. The molecule has 39 heavy (non-hydrogen) atoms. The number of fused-ring (bicyclic) bond motifs is 6. The van der Waals surface area contributed by atoms with Crippen molar-refractivity contribution in [3.8, 4) is 12.3 Å². The van der Waals surface area contributed by atoms with E-state index >= 15 is 0 Å². The number of rotatable bonds is 6. The molecule has 6 heteroatoms. The zero-order valence-corrected chi connectivity index (χ0v) is 23.3. The molecule has 4 aliphatic rings. The Labute approximate surface area is 231 Å². The van der Waals surface area contributed by atoms with Gasteiger partial charge in [0.05, 0.1) is 5.71 Å². The molecule has 0 aliphatic heterocycles. The largest absolute Gasteiger partial charge is 0.385 e. The molecule has 3 saturated carbocycles. The Morgan fingerprint density at radius 3 is 2.85 bits per heavy atom. The van der Waals surface area contributed by atoms with E-state index in [1.54, 1.807) is 0 Å². The maximum atomic E-state index is 12.3. The fourth-order valence-corrected chi connectivity index (χ4v) is 8.80. The van der Waals surface area contributed by atoms with Gasteiger partial charge < -0.3 is 20.2 Å². The second kappa shape index (κ2) is 9.86. The summed E-state index contributed by atoms with van der Waals surface area (Å²) in [5.41, 5.74) is 3.78. The van der Waals surface area contributed by atoms with Crippen LogP contribution in [0.1, 0.15) is 70.8 Å². The van der Waals surface area contributed by atoms with Crippen molar-refractivity contribution in [2.24, 2.45) is 33.7 Å². The number of para-hydroxylation sites is 1. The molecule has 0 spiro atoms. The molecule has 2 aromatic rings. The van der Waals surface area contributed by atoms with Crippen molar-refractivity contribution < 1.29 is 14.7 Å². The van der Waals surface area contributed by atoms with E-state index in [1.165, 1.54) is 16.5 Å². The van der Waals surface area contributed by atoms with Gasteiger partial charge >= 0.3 is 0 Å². The summed E-state index contributed by atoms with van der Waals surface area (Å²) in [4.78, 5) is 21.1. The molecule has 6 atom stereocenters. The van der Waals surface area contributed by atoms with Gasteiger partial charge in [-0.2, -0.15) is 0 Å². The number of terminal acetylenes is 1. The first kappa shape index (κ1) is 26.2. The predicted molar refractivity (Wildman–Crippen MR) is 154 cm³/mol. The Morgan fingerprint density at radius 2 is 2.00 bits per heavy atom. The fraction of sp³-hybridized carbons (Fsp3) is 0.576. The summed E-state index contributed by atoms with van der Waals surface area (Å²) in [5, 5.41) is 19.7. The highest BCUT2D eigenvalue weighted by Crippen LogP contribution is 2.67. The Morgan fingerprint density at radius 1 is 1.18 bits per heavy atom. The van der Waals surface area contributed by atoms with Crippen LogP contribution in [0.15, 0.2) is 47.3 Å². The minimum atomic E-state index is -0.952. The zero-order chi connectivity index (χ0) is 27.3. The maximum Gasteiger partial charge on any atom is 0.260 e. The number of oxime groups is 1. The highest BCUT2D eigenvalue weighted by Gasteiger charge is 2.63.